The van der Waals surface area contributed by atoms with E-state index in [1.807, 2.05) is 12.3 Å². The molecule has 1 amide bonds. The van der Waals surface area contributed by atoms with E-state index in [1.165, 1.54) is 11.3 Å². The van der Waals surface area contributed by atoms with E-state index in [4.69, 9.17) is 9.84 Å². The van der Waals surface area contributed by atoms with Crippen molar-refractivity contribution in [3.63, 3.8) is 0 Å². The fourth-order valence-electron chi connectivity index (χ4n) is 1.63. The van der Waals surface area contributed by atoms with Crippen LogP contribution < -0.4 is 10.1 Å². The molecule has 2 rings (SSSR count). The second-order valence-corrected chi connectivity index (χ2v) is 5.51. The lowest BCUT2D eigenvalue weighted by molar-refractivity contribution is 0.0942. The predicted octanol–water partition coefficient (Wildman–Crippen LogP) is 2.08. The van der Waals surface area contributed by atoms with Crippen LogP contribution in [0, 0.1) is 5.92 Å². The molecule has 0 spiro atoms. The summed E-state index contributed by atoms with van der Waals surface area (Å²) in [6.07, 6.45) is 0. The van der Waals surface area contributed by atoms with Crippen molar-refractivity contribution in [1.29, 1.82) is 0 Å². The largest absolute Gasteiger partial charge is 0.487 e. The van der Waals surface area contributed by atoms with Gasteiger partial charge in [-0.2, -0.15) is 0 Å². The zero-order valence-corrected chi connectivity index (χ0v) is 12.6. The van der Waals surface area contributed by atoms with Gasteiger partial charge in [0.05, 0.1) is 11.2 Å². The molecule has 6 heteroatoms. The first-order valence-electron chi connectivity index (χ1n) is 6.68. The number of aliphatic hydroxyl groups excluding tert-OH is 1. The summed E-state index contributed by atoms with van der Waals surface area (Å²) in [7, 11) is 0. The Kier molecular flexibility index (Phi) is 5.71. The summed E-state index contributed by atoms with van der Waals surface area (Å²) in [5.74, 6) is 0.498. The van der Waals surface area contributed by atoms with Gasteiger partial charge in [-0.1, -0.05) is 13.0 Å². The maximum atomic E-state index is 12.0. The van der Waals surface area contributed by atoms with E-state index < -0.39 is 0 Å². The summed E-state index contributed by atoms with van der Waals surface area (Å²) in [6, 6.07) is 7.01. The topological polar surface area (TPSA) is 71.5 Å². The van der Waals surface area contributed by atoms with E-state index in [2.05, 4.69) is 10.3 Å². The van der Waals surface area contributed by atoms with E-state index in [0.717, 1.165) is 5.69 Å². The van der Waals surface area contributed by atoms with Gasteiger partial charge in [-0.15, -0.1) is 11.3 Å². The minimum absolute atomic E-state index is 0.0399. The molecule has 1 atom stereocenters. The summed E-state index contributed by atoms with van der Waals surface area (Å²) in [4.78, 5) is 16.1. The zero-order valence-electron chi connectivity index (χ0n) is 11.8. The van der Waals surface area contributed by atoms with Crippen molar-refractivity contribution in [1.82, 2.24) is 10.3 Å². The molecule has 1 aromatic heterocycles. The quantitative estimate of drug-likeness (QED) is 0.821. The molecular weight excluding hydrogens is 288 g/mol. The maximum Gasteiger partial charge on any atom is 0.251 e. The normalized spacial score (nSPS) is 11.9. The average molecular weight is 306 g/mol. The number of nitrogens with zero attached hydrogens (tertiary/aromatic N) is 1. The van der Waals surface area contributed by atoms with Crippen LogP contribution in [0.15, 0.2) is 35.2 Å². The Hall–Kier alpha value is -1.92. The van der Waals surface area contributed by atoms with Crippen LogP contribution in [-0.4, -0.2) is 29.1 Å². The standard InChI is InChI=1S/C15H18N2O3S/c1-11(7-18)6-16-15(19)12-3-2-4-14(5-12)20-8-13-9-21-10-17-13/h2-5,9-11,18H,6-8H2,1H3,(H,16,19). The van der Waals surface area contributed by atoms with Crippen LogP contribution in [0.25, 0.3) is 0 Å². The monoisotopic (exact) mass is 306 g/mol. The summed E-state index contributed by atoms with van der Waals surface area (Å²) < 4.78 is 5.61. The van der Waals surface area contributed by atoms with Gasteiger partial charge in [-0.3, -0.25) is 4.79 Å². The van der Waals surface area contributed by atoms with Gasteiger partial charge in [-0.05, 0) is 24.1 Å². The highest BCUT2D eigenvalue weighted by molar-refractivity contribution is 7.07. The summed E-state index contributed by atoms with van der Waals surface area (Å²) in [5, 5.41) is 13.7. The lowest BCUT2D eigenvalue weighted by Crippen LogP contribution is -2.29. The number of aromatic nitrogens is 1. The molecule has 112 valence electrons. The maximum absolute atomic E-state index is 12.0. The van der Waals surface area contributed by atoms with Gasteiger partial charge < -0.3 is 15.2 Å². The minimum Gasteiger partial charge on any atom is -0.487 e. The Morgan fingerprint density at radius 1 is 1.52 bits per heavy atom. The molecular formula is C15H18N2O3S. The Morgan fingerprint density at radius 3 is 3.10 bits per heavy atom. The Labute approximate surface area is 127 Å². The van der Waals surface area contributed by atoms with Gasteiger partial charge in [0.1, 0.15) is 12.4 Å². The van der Waals surface area contributed by atoms with Gasteiger partial charge in [-0.25, -0.2) is 4.98 Å². The highest BCUT2D eigenvalue weighted by Crippen LogP contribution is 2.15. The Bertz CT molecular complexity index is 572. The fourth-order valence-corrected chi connectivity index (χ4v) is 2.17. The second kappa shape index (κ2) is 7.75. The lowest BCUT2D eigenvalue weighted by atomic mass is 10.1. The Balaban J connectivity index is 1.92. The first-order chi connectivity index (χ1) is 10.2. The SMILES string of the molecule is CC(CO)CNC(=O)c1cccc(OCc2cscn2)c1. The molecule has 21 heavy (non-hydrogen) atoms. The molecule has 1 heterocycles. The number of hydrogen-bond donors (Lipinski definition) is 2. The number of carbonyl (C=O) groups is 1. The molecule has 0 saturated carbocycles. The number of carbonyl (C=O) groups excluding carboxylic acids is 1. The molecule has 0 bridgehead atoms. The number of nitrogens with one attached hydrogen (secondary N) is 1. The molecule has 0 aliphatic heterocycles. The van der Waals surface area contributed by atoms with Gasteiger partial charge in [0.2, 0.25) is 0 Å². The molecule has 0 aliphatic rings. The molecule has 5 nitrogen and oxygen atoms in total. The smallest absolute Gasteiger partial charge is 0.251 e. The van der Waals surface area contributed by atoms with Crippen molar-refractivity contribution in [2.24, 2.45) is 5.92 Å². The number of rotatable bonds is 7. The van der Waals surface area contributed by atoms with Crippen molar-refractivity contribution in [2.45, 2.75) is 13.5 Å². The highest BCUT2D eigenvalue weighted by atomic mass is 32.1. The van der Waals surface area contributed by atoms with Crippen LogP contribution in [-0.2, 0) is 6.61 Å². The highest BCUT2D eigenvalue weighted by Gasteiger charge is 2.08. The number of amides is 1. The van der Waals surface area contributed by atoms with Crippen LogP contribution in [0.3, 0.4) is 0 Å². The predicted molar refractivity (Wildman–Crippen MR) is 81.5 cm³/mol. The third kappa shape index (κ3) is 4.84. The summed E-state index contributed by atoms with van der Waals surface area (Å²) in [5.41, 5.74) is 3.16. The fraction of sp³-hybridized carbons (Fsp3) is 0.333. The number of hydrogen-bond acceptors (Lipinski definition) is 5. The molecule has 1 aromatic carbocycles. The first-order valence-corrected chi connectivity index (χ1v) is 7.62. The third-order valence-corrected chi connectivity index (χ3v) is 3.52. The zero-order chi connectivity index (χ0) is 15.1. The van der Waals surface area contributed by atoms with Gasteiger partial charge in [0, 0.05) is 24.1 Å². The van der Waals surface area contributed by atoms with Gasteiger partial charge in [0.15, 0.2) is 0 Å². The van der Waals surface area contributed by atoms with E-state index in [1.54, 1.807) is 29.8 Å². The average Bonchev–Trinajstić information content (AvgIpc) is 3.04. The third-order valence-electron chi connectivity index (χ3n) is 2.89. The van der Waals surface area contributed by atoms with Crippen molar-refractivity contribution < 1.29 is 14.6 Å². The van der Waals surface area contributed by atoms with Crippen LogP contribution in [0.5, 0.6) is 5.75 Å². The first kappa shape index (κ1) is 15.5. The van der Waals surface area contributed by atoms with Crippen LogP contribution >= 0.6 is 11.3 Å². The molecule has 2 aromatic rings. The van der Waals surface area contributed by atoms with Gasteiger partial charge >= 0.3 is 0 Å². The van der Waals surface area contributed by atoms with Gasteiger partial charge in [0.25, 0.3) is 5.91 Å². The number of aliphatic hydroxyl groups is 1. The van der Waals surface area contributed by atoms with Crippen molar-refractivity contribution in [2.75, 3.05) is 13.2 Å². The minimum atomic E-state index is -0.172. The summed E-state index contributed by atoms with van der Waals surface area (Å²) >= 11 is 1.52. The Morgan fingerprint density at radius 2 is 2.38 bits per heavy atom. The molecule has 0 aliphatic carbocycles. The van der Waals surface area contributed by atoms with Crippen molar-refractivity contribution in [3.8, 4) is 5.75 Å². The van der Waals surface area contributed by atoms with Crippen LogP contribution in [0.2, 0.25) is 0 Å². The molecule has 0 fully saturated rings. The summed E-state index contributed by atoms with van der Waals surface area (Å²) in [6.45, 7) is 2.75. The van der Waals surface area contributed by atoms with E-state index in [0.29, 0.717) is 24.5 Å². The van der Waals surface area contributed by atoms with Crippen molar-refractivity contribution >= 4 is 17.2 Å². The second-order valence-electron chi connectivity index (χ2n) is 4.79. The number of thiazole rings is 1. The lowest BCUT2D eigenvalue weighted by Gasteiger charge is -2.10. The van der Waals surface area contributed by atoms with Crippen LogP contribution in [0.4, 0.5) is 0 Å². The molecule has 1 unspecified atom stereocenters. The van der Waals surface area contributed by atoms with Crippen molar-refractivity contribution in [3.05, 3.63) is 46.4 Å². The van der Waals surface area contributed by atoms with E-state index >= 15 is 0 Å². The van der Waals surface area contributed by atoms with E-state index in [9.17, 15) is 4.79 Å². The van der Waals surface area contributed by atoms with Crippen LogP contribution in [0.1, 0.15) is 23.0 Å². The number of ether oxygens (including phenoxy) is 1. The molecule has 2 N–H and O–H groups in total. The molecule has 0 radical (unpaired) electrons. The number of benzene rings is 1. The molecule has 0 saturated heterocycles. The van der Waals surface area contributed by atoms with E-state index in [-0.39, 0.29) is 18.4 Å².